The monoisotopic (exact) mass is 694 g/mol. The number of nitrogens with two attached hydrogens (primary N) is 1. The molecule has 0 amide bonds. The van der Waals surface area contributed by atoms with Gasteiger partial charge in [-0.3, -0.25) is 9.59 Å². The molecule has 282 valence electrons. The predicted octanol–water partition coefficient (Wildman–Crippen LogP) is 12.5. The van der Waals surface area contributed by atoms with Gasteiger partial charge in [-0.1, -0.05) is 162 Å². The Morgan fingerprint density at radius 3 is 1.10 bits per heavy atom. The van der Waals surface area contributed by atoms with Crippen molar-refractivity contribution in [1.82, 2.24) is 0 Å². The standard InChI is InChI=1S/C42H79NO4S/c1-6-8-10-12-14-16-18-20-22-24-26-28-30-32-34-36-39(44)41(3,4)42(5,38-48(43,46)47)40(45)37-35-33-31-29-27-25-23-21-19-17-15-13-11-9-7-2/h20-23H,6-19,24-38H2,1-5H3,(H2,43,46,47)/b22-20-,23-21-. The van der Waals surface area contributed by atoms with Crippen molar-refractivity contribution in [2.24, 2.45) is 16.0 Å². The Morgan fingerprint density at radius 2 is 0.771 bits per heavy atom. The van der Waals surface area contributed by atoms with E-state index in [9.17, 15) is 18.0 Å². The second-order valence-electron chi connectivity index (χ2n) is 15.3. The van der Waals surface area contributed by atoms with Gasteiger partial charge in [0.2, 0.25) is 10.0 Å². The van der Waals surface area contributed by atoms with Crippen molar-refractivity contribution in [3.8, 4) is 0 Å². The van der Waals surface area contributed by atoms with Gasteiger partial charge in [-0.15, -0.1) is 0 Å². The molecule has 0 aromatic heterocycles. The molecule has 0 aliphatic rings. The zero-order chi connectivity index (χ0) is 36.0. The van der Waals surface area contributed by atoms with E-state index in [4.69, 9.17) is 5.14 Å². The minimum atomic E-state index is -3.94. The van der Waals surface area contributed by atoms with Crippen molar-refractivity contribution in [2.45, 2.75) is 214 Å². The van der Waals surface area contributed by atoms with Gasteiger partial charge in [-0.25, -0.2) is 13.6 Å². The molecule has 0 saturated heterocycles. The van der Waals surface area contributed by atoms with Gasteiger partial charge in [0.15, 0.2) is 0 Å². The first kappa shape index (κ1) is 46.7. The molecule has 48 heavy (non-hydrogen) atoms. The smallest absolute Gasteiger partial charge is 0.210 e. The summed E-state index contributed by atoms with van der Waals surface area (Å²) < 4.78 is 24.5. The topological polar surface area (TPSA) is 94.3 Å². The zero-order valence-electron chi connectivity index (χ0n) is 32.4. The fraction of sp³-hybridized carbons (Fsp3) is 0.857. The summed E-state index contributed by atoms with van der Waals surface area (Å²) >= 11 is 0. The van der Waals surface area contributed by atoms with Crippen LogP contribution in [0.1, 0.15) is 214 Å². The molecule has 0 spiro atoms. The molecule has 0 aromatic carbocycles. The van der Waals surface area contributed by atoms with Gasteiger partial charge in [-0.2, -0.15) is 0 Å². The number of carbonyl (C=O) groups is 2. The lowest BCUT2D eigenvalue weighted by atomic mass is 9.61. The third-order valence-electron chi connectivity index (χ3n) is 10.5. The number of Topliss-reactive ketones (excluding diaryl/α,β-unsaturated/α-hetero) is 2. The Balaban J connectivity index is 4.40. The average molecular weight is 694 g/mol. The van der Waals surface area contributed by atoms with E-state index >= 15 is 0 Å². The molecule has 2 N–H and O–H groups in total. The second-order valence-corrected chi connectivity index (χ2v) is 16.9. The summed E-state index contributed by atoms with van der Waals surface area (Å²) in [6, 6.07) is 0. The number of hydrogen-bond donors (Lipinski definition) is 1. The van der Waals surface area contributed by atoms with Crippen molar-refractivity contribution < 1.29 is 18.0 Å². The van der Waals surface area contributed by atoms with Crippen LogP contribution in [0.4, 0.5) is 0 Å². The van der Waals surface area contributed by atoms with Crippen LogP contribution < -0.4 is 5.14 Å². The minimum Gasteiger partial charge on any atom is -0.299 e. The van der Waals surface area contributed by atoms with E-state index in [1.54, 1.807) is 20.8 Å². The first-order chi connectivity index (χ1) is 22.9. The van der Waals surface area contributed by atoms with Crippen LogP contribution in [0.3, 0.4) is 0 Å². The van der Waals surface area contributed by atoms with Crippen LogP contribution in [-0.4, -0.2) is 25.7 Å². The van der Waals surface area contributed by atoms with Crippen LogP contribution in [-0.2, 0) is 19.6 Å². The van der Waals surface area contributed by atoms with Crippen LogP contribution >= 0.6 is 0 Å². The molecule has 6 heteroatoms. The highest BCUT2D eigenvalue weighted by Crippen LogP contribution is 2.43. The fourth-order valence-electron chi connectivity index (χ4n) is 6.62. The molecule has 0 radical (unpaired) electrons. The summed E-state index contributed by atoms with van der Waals surface area (Å²) in [5, 5.41) is 5.48. The highest BCUT2D eigenvalue weighted by Gasteiger charge is 2.52. The van der Waals surface area contributed by atoms with Crippen molar-refractivity contribution in [3.63, 3.8) is 0 Å². The molecular formula is C42H79NO4S. The molecule has 0 bridgehead atoms. The van der Waals surface area contributed by atoms with Gasteiger partial charge < -0.3 is 0 Å². The Kier molecular flexibility index (Phi) is 28.7. The summed E-state index contributed by atoms with van der Waals surface area (Å²) in [7, 11) is -3.94. The summed E-state index contributed by atoms with van der Waals surface area (Å²) in [5.74, 6) is -0.684. The molecule has 1 unspecified atom stereocenters. The van der Waals surface area contributed by atoms with Crippen molar-refractivity contribution in [2.75, 3.05) is 5.75 Å². The average Bonchev–Trinajstić information content (AvgIpc) is 3.03. The first-order valence-electron chi connectivity index (χ1n) is 20.3. The van der Waals surface area contributed by atoms with Gasteiger partial charge in [0, 0.05) is 18.3 Å². The van der Waals surface area contributed by atoms with E-state index in [1.165, 1.54) is 96.3 Å². The van der Waals surface area contributed by atoms with Crippen LogP contribution in [0.2, 0.25) is 0 Å². The quantitative estimate of drug-likeness (QED) is 0.0528. The molecule has 0 aliphatic carbocycles. The summed E-state index contributed by atoms with van der Waals surface area (Å²) in [6.45, 7) is 9.65. The maximum Gasteiger partial charge on any atom is 0.210 e. The van der Waals surface area contributed by atoms with E-state index in [2.05, 4.69) is 38.2 Å². The van der Waals surface area contributed by atoms with E-state index in [0.29, 0.717) is 12.8 Å². The number of allylic oxidation sites excluding steroid dienone is 4. The van der Waals surface area contributed by atoms with Crippen molar-refractivity contribution in [3.05, 3.63) is 24.3 Å². The number of hydrogen-bond acceptors (Lipinski definition) is 4. The van der Waals surface area contributed by atoms with Gasteiger partial charge in [0.1, 0.15) is 11.6 Å². The van der Waals surface area contributed by atoms with Crippen LogP contribution in [0.25, 0.3) is 0 Å². The van der Waals surface area contributed by atoms with E-state index < -0.39 is 26.6 Å². The maximum absolute atomic E-state index is 13.6. The van der Waals surface area contributed by atoms with Crippen molar-refractivity contribution in [1.29, 1.82) is 0 Å². The van der Waals surface area contributed by atoms with Gasteiger partial charge in [0.25, 0.3) is 0 Å². The molecule has 0 aromatic rings. The minimum absolute atomic E-state index is 0.0378. The molecule has 0 saturated carbocycles. The number of primary sulfonamides is 1. The summed E-state index contributed by atoms with van der Waals surface area (Å²) in [5.41, 5.74) is -2.43. The lowest BCUT2D eigenvalue weighted by Crippen LogP contribution is -2.52. The number of unbranched alkanes of at least 4 members (excludes halogenated alkanes) is 22. The van der Waals surface area contributed by atoms with Gasteiger partial charge in [0.05, 0.1) is 11.2 Å². The van der Waals surface area contributed by atoms with E-state index in [1.807, 2.05) is 0 Å². The first-order valence-corrected chi connectivity index (χ1v) is 22.0. The Bertz CT molecular complexity index is 968. The lowest BCUT2D eigenvalue weighted by molar-refractivity contribution is -0.144. The van der Waals surface area contributed by atoms with Crippen LogP contribution in [0.5, 0.6) is 0 Å². The summed E-state index contributed by atoms with van der Waals surface area (Å²) in [4.78, 5) is 27.0. The van der Waals surface area contributed by atoms with E-state index in [0.717, 1.165) is 64.2 Å². The van der Waals surface area contributed by atoms with Gasteiger partial charge >= 0.3 is 0 Å². The van der Waals surface area contributed by atoms with E-state index in [-0.39, 0.29) is 18.0 Å². The SMILES string of the molecule is CCCCCCCC/C=C\CCCCCCCC(=O)C(C)(C)C(C)(CS(N)(=O)=O)C(=O)CCCCCCC/C=C\CCCCCCCC. The zero-order valence-corrected chi connectivity index (χ0v) is 33.3. The Labute approximate surface area is 299 Å². The molecule has 0 rings (SSSR count). The number of rotatable bonds is 35. The molecule has 1 atom stereocenters. The predicted molar refractivity (Wildman–Crippen MR) is 209 cm³/mol. The molecule has 5 nitrogen and oxygen atoms in total. The summed E-state index contributed by atoms with van der Waals surface area (Å²) in [6.07, 6.45) is 40.7. The second kappa shape index (κ2) is 29.5. The maximum atomic E-state index is 13.6. The molecule has 0 fully saturated rings. The Hall–Kier alpha value is -1.27. The highest BCUT2D eigenvalue weighted by molar-refractivity contribution is 7.89. The van der Waals surface area contributed by atoms with Crippen LogP contribution in [0.15, 0.2) is 24.3 Å². The fourth-order valence-corrected chi connectivity index (χ4v) is 7.95. The third-order valence-corrected chi connectivity index (χ3v) is 11.5. The molecule has 0 heterocycles. The highest BCUT2D eigenvalue weighted by atomic mass is 32.2. The normalized spacial score (nSPS) is 13.9. The van der Waals surface area contributed by atoms with Gasteiger partial charge in [-0.05, 0) is 64.2 Å². The lowest BCUT2D eigenvalue weighted by Gasteiger charge is -2.41. The van der Waals surface area contributed by atoms with Crippen molar-refractivity contribution >= 4 is 21.6 Å². The molecular weight excluding hydrogens is 615 g/mol. The number of ketones is 2. The Morgan fingerprint density at radius 1 is 0.479 bits per heavy atom. The van der Waals surface area contributed by atoms with Crippen LogP contribution in [0, 0.1) is 10.8 Å². The molecule has 0 aliphatic heterocycles. The third kappa shape index (κ3) is 24.0. The number of carbonyl (C=O) groups excluding carboxylic acids is 2. The number of sulfonamides is 1. The largest absolute Gasteiger partial charge is 0.299 e.